The molecule has 1 aromatic rings. The van der Waals surface area contributed by atoms with Gasteiger partial charge in [0.1, 0.15) is 0 Å². The molecule has 2 rings (SSSR count). The van der Waals surface area contributed by atoms with E-state index < -0.39 is 0 Å². The van der Waals surface area contributed by atoms with E-state index in [1.54, 1.807) is 0 Å². The SMILES string of the molecule is CC(C)c1csc(NC(=O)CC2(CS)CC2)n1. The third-order valence-corrected chi connectivity index (χ3v) is 4.63. The van der Waals surface area contributed by atoms with Gasteiger partial charge in [-0.1, -0.05) is 13.8 Å². The normalized spacial score (nSPS) is 17.2. The molecular weight excluding hydrogens is 252 g/mol. The summed E-state index contributed by atoms with van der Waals surface area (Å²) in [5.74, 6) is 1.28. The highest BCUT2D eigenvalue weighted by atomic mass is 32.1. The van der Waals surface area contributed by atoms with Crippen molar-refractivity contribution in [2.24, 2.45) is 5.41 Å². The van der Waals surface area contributed by atoms with Gasteiger partial charge in [0.25, 0.3) is 0 Å². The number of thiol groups is 1. The lowest BCUT2D eigenvalue weighted by molar-refractivity contribution is -0.117. The first-order valence-electron chi connectivity index (χ1n) is 5.91. The van der Waals surface area contributed by atoms with Crippen molar-refractivity contribution in [2.75, 3.05) is 11.1 Å². The van der Waals surface area contributed by atoms with Crippen LogP contribution in [0, 0.1) is 5.41 Å². The van der Waals surface area contributed by atoms with Crippen LogP contribution in [0.5, 0.6) is 0 Å². The van der Waals surface area contributed by atoms with Crippen molar-refractivity contribution in [3.63, 3.8) is 0 Å². The summed E-state index contributed by atoms with van der Waals surface area (Å²) in [5, 5.41) is 5.60. The molecular formula is C12H18N2OS2. The molecule has 0 atom stereocenters. The minimum absolute atomic E-state index is 0.0706. The number of nitrogens with zero attached hydrogens (tertiary/aromatic N) is 1. The minimum atomic E-state index is 0.0706. The first-order chi connectivity index (χ1) is 8.04. The summed E-state index contributed by atoms with van der Waals surface area (Å²) in [6.07, 6.45) is 2.82. The molecule has 1 aliphatic carbocycles. The number of carbonyl (C=O) groups excluding carboxylic acids is 1. The van der Waals surface area contributed by atoms with E-state index in [1.165, 1.54) is 11.3 Å². The quantitative estimate of drug-likeness (QED) is 0.806. The van der Waals surface area contributed by atoms with Gasteiger partial charge in [-0.3, -0.25) is 4.79 Å². The molecule has 1 heterocycles. The zero-order valence-electron chi connectivity index (χ0n) is 10.2. The first-order valence-corrected chi connectivity index (χ1v) is 7.42. The highest BCUT2D eigenvalue weighted by molar-refractivity contribution is 7.80. The minimum Gasteiger partial charge on any atom is -0.302 e. The van der Waals surface area contributed by atoms with Gasteiger partial charge in [-0.15, -0.1) is 11.3 Å². The lowest BCUT2D eigenvalue weighted by Gasteiger charge is -2.10. The molecule has 1 saturated carbocycles. The Bertz CT molecular complexity index is 410. The topological polar surface area (TPSA) is 42.0 Å². The average Bonchev–Trinajstić information content (AvgIpc) is 2.87. The van der Waals surface area contributed by atoms with E-state index in [0.29, 0.717) is 17.5 Å². The van der Waals surface area contributed by atoms with Crippen molar-refractivity contribution in [3.05, 3.63) is 11.1 Å². The number of hydrogen-bond acceptors (Lipinski definition) is 4. The molecule has 0 aromatic carbocycles. The van der Waals surface area contributed by atoms with Crippen LogP contribution >= 0.6 is 24.0 Å². The molecule has 0 saturated heterocycles. The van der Waals surface area contributed by atoms with Crippen LogP contribution in [-0.2, 0) is 4.79 Å². The van der Waals surface area contributed by atoms with E-state index in [-0.39, 0.29) is 11.3 Å². The fraction of sp³-hybridized carbons (Fsp3) is 0.667. The number of anilines is 1. The van der Waals surface area contributed by atoms with Gasteiger partial charge in [-0.25, -0.2) is 4.98 Å². The number of amides is 1. The fourth-order valence-electron chi connectivity index (χ4n) is 1.68. The highest BCUT2D eigenvalue weighted by Gasteiger charge is 2.42. The summed E-state index contributed by atoms with van der Waals surface area (Å²) in [6.45, 7) is 4.20. The van der Waals surface area contributed by atoms with Crippen molar-refractivity contribution in [3.8, 4) is 0 Å². The largest absolute Gasteiger partial charge is 0.302 e. The molecule has 1 N–H and O–H groups in total. The van der Waals surface area contributed by atoms with Gasteiger partial charge >= 0.3 is 0 Å². The molecule has 1 amide bonds. The van der Waals surface area contributed by atoms with E-state index >= 15 is 0 Å². The molecule has 0 unspecified atom stereocenters. The van der Waals surface area contributed by atoms with Gasteiger partial charge in [0.05, 0.1) is 5.69 Å². The molecule has 1 aliphatic rings. The van der Waals surface area contributed by atoms with Gasteiger partial charge in [0.15, 0.2) is 5.13 Å². The predicted molar refractivity (Wildman–Crippen MR) is 75.0 cm³/mol. The van der Waals surface area contributed by atoms with Crippen LogP contribution in [0.15, 0.2) is 5.38 Å². The maximum atomic E-state index is 11.8. The monoisotopic (exact) mass is 270 g/mol. The van der Waals surface area contributed by atoms with E-state index in [2.05, 4.69) is 36.8 Å². The molecule has 0 aliphatic heterocycles. The number of nitrogens with one attached hydrogen (secondary N) is 1. The van der Waals surface area contributed by atoms with Crippen molar-refractivity contribution < 1.29 is 4.79 Å². The smallest absolute Gasteiger partial charge is 0.226 e. The van der Waals surface area contributed by atoms with Crippen LogP contribution in [-0.4, -0.2) is 16.6 Å². The Morgan fingerprint density at radius 3 is 2.82 bits per heavy atom. The van der Waals surface area contributed by atoms with Gasteiger partial charge in [-0.05, 0) is 29.9 Å². The van der Waals surface area contributed by atoms with Gasteiger partial charge < -0.3 is 5.32 Å². The Balaban J connectivity index is 1.89. The van der Waals surface area contributed by atoms with E-state index in [9.17, 15) is 4.79 Å². The molecule has 1 aromatic heterocycles. The van der Waals surface area contributed by atoms with Crippen molar-refractivity contribution >= 4 is 35.0 Å². The van der Waals surface area contributed by atoms with Crippen molar-refractivity contribution in [1.29, 1.82) is 0 Å². The van der Waals surface area contributed by atoms with E-state index in [0.717, 1.165) is 24.3 Å². The maximum Gasteiger partial charge on any atom is 0.226 e. The van der Waals surface area contributed by atoms with Crippen molar-refractivity contribution in [2.45, 2.75) is 39.0 Å². The predicted octanol–water partition coefficient (Wildman–Crippen LogP) is 3.31. The molecule has 5 heteroatoms. The van der Waals surface area contributed by atoms with Crippen LogP contribution in [0.4, 0.5) is 5.13 Å². The van der Waals surface area contributed by atoms with E-state index in [4.69, 9.17) is 0 Å². The lowest BCUT2D eigenvalue weighted by atomic mass is 10.1. The first kappa shape index (κ1) is 12.9. The summed E-state index contributed by atoms with van der Waals surface area (Å²) in [6, 6.07) is 0. The van der Waals surface area contributed by atoms with Crippen molar-refractivity contribution in [1.82, 2.24) is 4.98 Å². The van der Waals surface area contributed by atoms with Gasteiger partial charge in [-0.2, -0.15) is 12.6 Å². The zero-order valence-corrected chi connectivity index (χ0v) is 11.9. The Labute approximate surface area is 111 Å². The standard InChI is InChI=1S/C12H18N2OS2/c1-8(2)9-6-17-11(13-9)14-10(15)5-12(7-16)3-4-12/h6,8,16H,3-5,7H2,1-2H3,(H,13,14,15). The summed E-state index contributed by atoms with van der Waals surface area (Å²) >= 11 is 5.80. The molecule has 0 bridgehead atoms. The van der Waals surface area contributed by atoms with Crippen LogP contribution in [0.25, 0.3) is 0 Å². The van der Waals surface area contributed by atoms with Crippen LogP contribution in [0.3, 0.4) is 0 Å². The van der Waals surface area contributed by atoms with Gasteiger partial charge in [0, 0.05) is 11.8 Å². The Morgan fingerprint density at radius 2 is 2.35 bits per heavy atom. The van der Waals surface area contributed by atoms with Crippen LogP contribution in [0.1, 0.15) is 44.7 Å². The molecule has 0 spiro atoms. The molecule has 3 nitrogen and oxygen atoms in total. The van der Waals surface area contributed by atoms with Gasteiger partial charge in [0.2, 0.25) is 5.91 Å². The summed E-state index contributed by atoms with van der Waals surface area (Å²) in [5.41, 5.74) is 1.21. The fourth-order valence-corrected chi connectivity index (χ4v) is 3.00. The third-order valence-electron chi connectivity index (χ3n) is 3.19. The number of carbonyl (C=O) groups is 1. The maximum absolute atomic E-state index is 11.8. The molecule has 94 valence electrons. The Hall–Kier alpha value is -0.550. The molecule has 17 heavy (non-hydrogen) atoms. The molecule has 1 fully saturated rings. The Morgan fingerprint density at radius 1 is 1.65 bits per heavy atom. The van der Waals surface area contributed by atoms with E-state index in [1.807, 2.05) is 5.38 Å². The number of hydrogen-bond donors (Lipinski definition) is 2. The zero-order chi connectivity index (χ0) is 12.5. The second-order valence-corrected chi connectivity index (χ2v) is 6.29. The lowest BCUT2D eigenvalue weighted by Crippen LogP contribution is -2.18. The number of aromatic nitrogens is 1. The summed E-state index contributed by atoms with van der Waals surface area (Å²) in [4.78, 5) is 16.2. The van der Waals surface area contributed by atoms with Crippen LogP contribution < -0.4 is 5.32 Å². The molecule has 0 radical (unpaired) electrons. The second kappa shape index (κ2) is 4.98. The summed E-state index contributed by atoms with van der Waals surface area (Å²) in [7, 11) is 0. The third kappa shape index (κ3) is 3.22. The average molecular weight is 270 g/mol. The Kier molecular flexibility index (Phi) is 3.78. The summed E-state index contributed by atoms with van der Waals surface area (Å²) < 4.78 is 0. The second-order valence-electron chi connectivity index (χ2n) is 5.12. The number of thiazole rings is 1. The van der Waals surface area contributed by atoms with Crippen LogP contribution in [0.2, 0.25) is 0 Å². The highest BCUT2D eigenvalue weighted by Crippen LogP contribution is 2.49. The number of rotatable bonds is 5.